The summed E-state index contributed by atoms with van der Waals surface area (Å²) in [5.41, 5.74) is -1.97. The molecule has 1 N–H and O–H groups in total. The number of allylic oxidation sites excluding steroid dienone is 2. The van der Waals surface area contributed by atoms with E-state index in [4.69, 9.17) is 51.6 Å². The first kappa shape index (κ1) is 99.3. The number of hydrogen-bond donors (Lipinski definition) is 1. The van der Waals surface area contributed by atoms with Crippen LogP contribution in [-0.2, 0) is 65.2 Å². The topological polar surface area (TPSA) is 210 Å². The Hall–Kier alpha value is -6.83. The number of rotatable bonds is 32. The highest BCUT2D eigenvalue weighted by Crippen LogP contribution is 2.49. The molecule has 22 nitrogen and oxygen atoms in total. The molecule has 9 rings (SSSR count). The van der Waals surface area contributed by atoms with Crippen LogP contribution in [-0.4, -0.2) is 222 Å². The molecule has 0 bridgehead atoms. The van der Waals surface area contributed by atoms with Crippen LogP contribution in [0.25, 0.3) is 32.9 Å². The smallest absolute Gasteiger partial charge is 0.476 e. The van der Waals surface area contributed by atoms with E-state index in [-0.39, 0.29) is 59.4 Å². The molecular weight excluding hydrogens is 1690 g/mol. The molecule has 3 aliphatic rings. The lowest BCUT2D eigenvalue weighted by Gasteiger charge is -2.32. The minimum absolute atomic E-state index is 0.0128. The minimum Gasteiger partial charge on any atom is -0.476 e. The fourth-order valence-corrected chi connectivity index (χ4v) is 13.9. The molecule has 3 saturated heterocycles. The quantitative estimate of drug-likeness (QED) is 0.0137. The third-order valence-corrected chi connectivity index (χ3v) is 25.2. The Morgan fingerprint density at radius 2 is 0.958 bits per heavy atom. The van der Waals surface area contributed by atoms with E-state index in [1.165, 1.54) is 27.0 Å². The summed E-state index contributed by atoms with van der Waals surface area (Å²) >= 11 is 2.20. The van der Waals surface area contributed by atoms with Crippen LogP contribution in [0.3, 0.4) is 0 Å². The highest BCUT2D eigenvalue weighted by molar-refractivity contribution is 14.1. The maximum Gasteiger partial charge on any atom is 0.494 e. The Balaban J connectivity index is 0.000000277. The van der Waals surface area contributed by atoms with Crippen LogP contribution in [0, 0.1) is 3.57 Å². The molecule has 0 unspecified atom stereocenters. The Kier molecular flexibility index (Phi) is 33.9. The van der Waals surface area contributed by atoms with Gasteiger partial charge in [0.15, 0.2) is 0 Å². The SMILES string of the molecule is CC1(C)OB(/C(CC(F)(F)F)=C(\B2OC(C)(C)C(C)(C)O2)c2ccc3c(ccn3COCC[Si](C)(C)C)c2)OC1(C)C.CN(C)C(=O)/C=C/CN(CCOc1ccc(/C(=C(/CC(F)(F)F)B2OC(C)(C)C(C)(C)O2)c2ccc3c(ccn3COCC[Si](C)(C)C)c2)cn1)C(=O)OC(C)(C)C.CN(C)C(=O)/C=C/CNCCOc1ccc(I)cn1. The first-order valence-electron chi connectivity index (χ1n) is 40.1. The summed E-state index contributed by atoms with van der Waals surface area (Å²) in [6, 6.07) is 24.2. The van der Waals surface area contributed by atoms with Crippen molar-refractivity contribution in [3.05, 3.63) is 153 Å². The molecule has 3 fully saturated rings. The van der Waals surface area contributed by atoms with E-state index in [0.717, 1.165) is 37.5 Å². The second kappa shape index (κ2) is 40.7. The summed E-state index contributed by atoms with van der Waals surface area (Å²) < 4.78 is 158. The summed E-state index contributed by atoms with van der Waals surface area (Å²) in [7, 11) is 0.646. The van der Waals surface area contributed by atoms with Gasteiger partial charge in [-0.15, -0.1) is 0 Å². The zero-order valence-electron chi connectivity index (χ0n) is 74.2. The largest absolute Gasteiger partial charge is 0.494 e. The number of pyridine rings is 2. The number of nitrogens with one attached hydrogen (secondary N) is 1. The van der Waals surface area contributed by atoms with Gasteiger partial charge in [0.25, 0.3) is 0 Å². The molecule has 3 aliphatic heterocycles. The van der Waals surface area contributed by atoms with E-state index in [2.05, 4.69) is 77.2 Å². The van der Waals surface area contributed by atoms with E-state index in [1.54, 1.807) is 119 Å². The Labute approximate surface area is 716 Å². The number of carbonyl (C=O) groups is 3. The summed E-state index contributed by atoms with van der Waals surface area (Å²) in [6.07, 6.45) is 1.17. The van der Waals surface area contributed by atoms with Gasteiger partial charge in [0, 0.05) is 146 Å². The van der Waals surface area contributed by atoms with Gasteiger partial charge in [0.1, 0.15) is 32.3 Å². The number of benzene rings is 2. The van der Waals surface area contributed by atoms with Gasteiger partial charge in [-0.1, -0.05) is 63.6 Å². The molecule has 0 radical (unpaired) electrons. The standard InChI is InChI=1S/C42H60BF3N4O7Si.C30H46B2F3NO5Si.C13H18IN3O2/c1-39(2,3)55-38(52)49(20-13-14-36(51)48(8)9)22-23-54-35-18-16-32(28-47-35)37(33(27-42(44,45)46)43-56-40(4,5)41(6,7)57-43)31-15-17-34-30(26-31)19-21-50(34)29-53-24-25-58(10,11)12;1-26(2)27(3,4)39-31(38-26)23(19-30(33,34)35)25(32-40-28(5,6)29(7,8)41-32)22-12-13-24-21(18-22)14-15-36(24)20-37-16-17-42(9,10)11;1-17(2)13(18)4-3-7-15-8-9-19-12-6-5-11(14)10-16-12/h13-19,21,26,28H,20,22-25,27,29H2,1-12H3;12-15,18H,16-17,19-20H2,1-11H3;3-6,10,15H,7-9H2,1-2H3/b14-13+,37-33-;25-23-;4-3+. The van der Waals surface area contributed by atoms with Crippen molar-refractivity contribution >= 4 is 111 Å². The van der Waals surface area contributed by atoms with Crippen LogP contribution in [0.1, 0.15) is 133 Å². The number of nitrogens with zero attached hydrogens (tertiary/aromatic N) is 7. The number of hydrogen-bond acceptors (Lipinski definition) is 17. The fraction of sp³-hybridized carbons (Fsp3) is 0.565. The minimum atomic E-state index is -4.59. The first-order chi connectivity index (χ1) is 54.9. The van der Waals surface area contributed by atoms with E-state index in [9.17, 15) is 40.7 Å². The predicted octanol–water partition coefficient (Wildman–Crippen LogP) is 18.2. The maximum absolute atomic E-state index is 14.5. The van der Waals surface area contributed by atoms with Gasteiger partial charge < -0.3 is 80.8 Å². The Morgan fingerprint density at radius 3 is 1.39 bits per heavy atom. The number of halogens is 7. The van der Waals surface area contributed by atoms with Crippen molar-refractivity contribution in [1.82, 2.24) is 39.1 Å². The molecule has 6 aromatic rings. The van der Waals surface area contributed by atoms with Gasteiger partial charge >= 0.3 is 39.8 Å². The number of likely N-dealkylation sites (N-methyl/N-ethyl adjacent to an activating group) is 2. The zero-order valence-corrected chi connectivity index (χ0v) is 78.3. The summed E-state index contributed by atoms with van der Waals surface area (Å²) in [5, 5.41) is 4.85. The van der Waals surface area contributed by atoms with Crippen molar-refractivity contribution in [3.8, 4) is 11.8 Å². The number of fused-ring (bicyclic) bond motifs is 2. The summed E-state index contributed by atoms with van der Waals surface area (Å²) in [5.74, 6) is 0.577. The van der Waals surface area contributed by atoms with Crippen molar-refractivity contribution in [2.45, 2.75) is 233 Å². The number of aromatic nitrogens is 4. The predicted molar refractivity (Wildman–Crippen MR) is 473 cm³/mol. The highest BCUT2D eigenvalue weighted by atomic mass is 127. The van der Waals surface area contributed by atoms with Gasteiger partial charge in [0.2, 0.25) is 23.6 Å². The maximum atomic E-state index is 14.5. The van der Waals surface area contributed by atoms with E-state index < -0.39 is 108 Å². The molecule has 0 atom stereocenters. The second-order valence-electron chi connectivity index (χ2n) is 36.8. The summed E-state index contributed by atoms with van der Waals surface area (Å²) in [6.45, 7) is 45.3. The van der Waals surface area contributed by atoms with Gasteiger partial charge in [-0.3, -0.25) is 9.59 Å². The van der Waals surface area contributed by atoms with Gasteiger partial charge in [-0.2, -0.15) is 26.3 Å². The molecule has 3 amide bonds. The summed E-state index contributed by atoms with van der Waals surface area (Å²) in [4.78, 5) is 49.2. The molecule has 4 aromatic heterocycles. The van der Waals surface area contributed by atoms with Gasteiger partial charge in [-0.05, 0) is 220 Å². The monoisotopic (exact) mass is 1810 g/mol. The van der Waals surface area contributed by atoms with Crippen molar-refractivity contribution in [1.29, 1.82) is 0 Å². The van der Waals surface area contributed by atoms with Crippen molar-refractivity contribution in [2.75, 3.05) is 80.8 Å². The zero-order chi connectivity index (χ0) is 88.9. The van der Waals surface area contributed by atoms with Crippen LogP contribution in [0.4, 0.5) is 31.1 Å². The molecule has 0 aliphatic carbocycles. The van der Waals surface area contributed by atoms with Crippen molar-refractivity contribution in [2.24, 2.45) is 0 Å². The molecule has 34 heteroatoms. The lowest BCUT2D eigenvalue weighted by Crippen LogP contribution is -2.41. The van der Waals surface area contributed by atoms with Gasteiger partial charge in [-0.25, -0.2) is 14.8 Å². The fourth-order valence-electron chi connectivity index (χ4n) is 12.1. The Bertz CT molecular complexity index is 4470. The van der Waals surface area contributed by atoms with Crippen LogP contribution in [0.5, 0.6) is 11.8 Å². The van der Waals surface area contributed by atoms with Crippen LogP contribution in [0.15, 0.2) is 133 Å². The third-order valence-electron chi connectivity index (χ3n) is 21.1. The molecule has 0 spiro atoms. The Morgan fingerprint density at radius 1 is 0.538 bits per heavy atom. The van der Waals surface area contributed by atoms with Crippen LogP contribution in [0.2, 0.25) is 51.4 Å². The van der Waals surface area contributed by atoms with E-state index >= 15 is 0 Å². The molecule has 119 heavy (non-hydrogen) atoms. The first-order valence-corrected chi connectivity index (χ1v) is 48.6. The molecular formula is C85H124B3F6IN8O14Si2. The van der Waals surface area contributed by atoms with E-state index in [0.29, 0.717) is 68.9 Å². The molecule has 0 saturated carbocycles. The van der Waals surface area contributed by atoms with Crippen LogP contribution < -0.4 is 14.8 Å². The third kappa shape index (κ3) is 29.7. The highest BCUT2D eigenvalue weighted by Gasteiger charge is 2.59. The molecule has 7 heterocycles. The number of amides is 3. The second-order valence-corrected chi connectivity index (χ2v) is 49.3. The van der Waals surface area contributed by atoms with Crippen LogP contribution >= 0.6 is 22.6 Å². The van der Waals surface area contributed by atoms with E-state index in [1.807, 2.05) is 132 Å². The lowest BCUT2D eigenvalue weighted by molar-refractivity contribution is -0.127. The van der Waals surface area contributed by atoms with Gasteiger partial charge in [0.05, 0.1) is 64.0 Å². The lowest BCUT2D eigenvalue weighted by atomic mass is 9.61. The van der Waals surface area contributed by atoms with Crippen molar-refractivity contribution in [3.63, 3.8) is 0 Å². The number of alkyl halides is 6. The molecule has 2 aromatic carbocycles. The number of ether oxygens (including phenoxy) is 5. The number of carbonyl (C=O) groups excluding carboxylic acids is 3. The van der Waals surface area contributed by atoms with Crippen molar-refractivity contribution < 1.29 is 92.3 Å². The average Bonchev–Trinajstić information content (AvgIpc) is 1.60. The average molecular weight is 1810 g/mol. The molecule has 654 valence electrons. The normalized spacial score (nSPS) is 17.4.